The summed E-state index contributed by atoms with van der Waals surface area (Å²) in [6, 6.07) is 6.81. The van der Waals surface area contributed by atoms with Gasteiger partial charge in [0.25, 0.3) is 5.91 Å². The Morgan fingerprint density at radius 1 is 1.43 bits per heavy atom. The van der Waals surface area contributed by atoms with E-state index in [1.165, 1.54) is 0 Å². The highest BCUT2D eigenvalue weighted by Crippen LogP contribution is 2.22. The molecule has 0 aromatic heterocycles. The Labute approximate surface area is 142 Å². The quantitative estimate of drug-likeness (QED) is 0.745. The molecule has 1 aliphatic rings. The lowest BCUT2D eigenvalue weighted by Crippen LogP contribution is -2.35. The number of aliphatic hydroxyl groups excluding tert-OH is 1. The van der Waals surface area contributed by atoms with Gasteiger partial charge < -0.3 is 20.1 Å². The van der Waals surface area contributed by atoms with Crippen molar-refractivity contribution in [2.75, 3.05) is 33.3 Å². The number of ether oxygens (including phenoxy) is 1. The molecule has 5 nitrogen and oxygen atoms in total. The van der Waals surface area contributed by atoms with Crippen LogP contribution in [0, 0.1) is 0 Å². The van der Waals surface area contributed by atoms with Gasteiger partial charge in [0, 0.05) is 36.8 Å². The first kappa shape index (κ1) is 18.2. The number of piperidine rings is 1. The number of amides is 1. The molecule has 23 heavy (non-hydrogen) atoms. The molecule has 2 N–H and O–H groups in total. The Morgan fingerprint density at radius 2 is 2.13 bits per heavy atom. The van der Waals surface area contributed by atoms with Gasteiger partial charge in [0.1, 0.15) is 0 Å². The van der Waals surface area contributed by atoms with E-state index in [1.54, 1.807) is 24.3 Å². The standard InChI is InChI=1S/C17H25ClN2O3/c1-20-10-7-13(8-11-20)23-12-4-9-19-17(22)16(21)14-5-2-3-6-15(14)18/h2-3,5-6,13,16,21H,4,7-12H2,1H3,(H,19,22)/t16-/m0/s1. The number of carbonyl (C=O) groups excluding carboxylic acids is 1. The molecule has 1 atom stereocenters. The highest BCUT2D eigenvalue weighted by molar-refractivity contribution is 6.31. The van der Waals surface area contributed by atoms with Crippen LogP contribution in [0.2, 0.25) is 5.02 Å². The monoisotopic (exact) mass is 340 g/mol. The first-order chi connectivity index (χ1) is 11.1. The Balaban J connectivity index is 1.62. The predicted molar refractivity (Wildman–Crippen MR) is 90.5 cm³/mol. The number of nitrogens with zero attached hydrogens (tertiary/aromatic N) is 1. The zero-order valence-corrected chi connectivity index (χ0v) is 14.3. The molecule has 0 aliphatic carbocycles. The lowest BCUT2D eigenvalue weighted by atomic mass is 10.1. The SMILES string of the molecule is CN1CCC(OCCCNC(=O)[C@@H](O)c2ccccc2Cl)CC1. The van der Waals surface area contributed by atoms with Crippen molar-refractivity contribution < 1.29 is 14.6 Å². The fourth-order valence-corrected chi connectivity index (χ4v) is 2.86. The molecule has 1 aliphatic heterocycles. The van der Waals surface area contributed by atoms with Gasteiger partial charge in [0.15, 0.2) is 6.10 Å². The van der Waals surface area contributed by atoms with Crippen molar-refractivity contribution in [1.29, 1.82) is 0 Å². The van der Waals surface area contributed by atoms with E-state index >= 15 is 0 Å². The molecule has 2 rings (SSSR count). The number of halogens is 1. The van der Waals surface area contributed by atoms with Gasteiger partial charge in [-0.2, -0.15) is 0 Å². The molecule has 128 valence electrons. The maximum Gasteiger partial charge on any atom is 0.253 e. The molecule has 1 amide bonds. The number of hydrogen-bond acceptors (Lipinski definition) is 4. The number of rotatable bonds is 7. The fourth-order valence-electron chi connectivity index (χ4n) is 2.62. The van der Waals surface area contributed by atoms with E-state index in [0.29, 0.717) is 29.8 Å². The van der Waals surface area contributed by atoms with Crippen molar-refractivity contribution in [2.24, 2.45) is 0 Å². The van der Waals surface area contributed by atoms with Crippen LogP contribution in [-0.4, -0.2) is 55.3 Å². The first-order valence-electron chi connectivity index (χ1n) is 8.08. The van der Waals surface area contributed by atoms with E-state index in [0.717, 1.165) is 32.4 Å². The molecule has 1 heterocycles. The van der Waals surface area contributed by atoms with Crippen LogP contribution in [0.5, 0.6) is 0 Å². The maximum atomic E-state index is 11.9. The normalized spacial score (nSPS) is 17.9. The summed E-state index contributed by atoms with van der Waals surface area (Å²) >= 11 is 5.98. The van der Waals surface area contributed by atoms with E-state index in [-0.39, 0.29) is 0 Å². The number of aliphatic hydroxyl groups is 1. The van der Waals surface area contributed by atoms with E-state index in [1.807, 2.05) is 0 Å². The second-order valence-electron chi connectivity index (χ2n) is 5.94. The summed E-state index contributed by atoms with van der Waals surface area (Å²) in [5.74, 6) is -0.433. The Kier molecular flexibility index (Phi) is 7.30. The number of nitrogens with one attached hydrogen (secondary N) is 1. The van der Waals surface area contributed by atoms with Gasteiger partial charge in [0.05, 0.1) is 6.10 Å². The van der Waals surface area contributed by atoms with E-state index in [2.05, 4.69) is 17.3 Å². The minimum atomic E-state index is -1.24. The molecule has 0 unspecified atom stereocenters. The highest BCUT2D eigenvalue weighted by Gasteiger charge is 2.19. The van der Waals surface area contributed by atoms with Gasteiger partial charge in [-0.3, -0.25) is 4.79 Å². The van der Waals surface area contributed by atoms with Crippen molar-refractivity contribution in [1.82, 2.24) is 10.2 Å². The Morgan fingerprint density at radius 3 is 2.83 bits per heavy atom. The largest absolute Gasteiger partial charge is 0.378 e. The zero-order valence-electron chi connectivity index (χ0n) is 13.5. The van der Waals surface area contributed by atoms with Crippen LogP contribution >= 0.6 is 11.6 Å². The topological polar surface area (TPSA) is 61.8 Å². The summed E-state index contributed by atoms with van der Waals surface area (Å²) < 4.78 is 5.82. The van der Waals surface area contributed by atoms with Crippen LogP contribution in [0.25, 0.3) is 0 Å². The van der Waals surface area contributed by atoms with Crippen LogP contribution in [0.4, 0.5) is 0 Å². The molecular weight excluding hydrogens is 316 g/mol. The van der Waals surface area contributed by atoms with E-state index in [9.17, 15) is 9.90 Å². The fraction of sp³-hybridized carbons (Fsp3) is 0.588. The first-order valence-corrected chi connectivity index (χ1v) is 8.46. The third kappa shape index (κ3) is 5.77. The van der Waals surface area contributed by atoms with Crippen LogP contribution in [0.3, 0.4) is 0 Å². The molecule has 1 saturated heterocycles. The van der Waals surface area contributed by atoms with Gasteiger partial charge in [-0.05, 0) is 32.4 Å². The Hall–Kier alpha value is -1.14. The summed E-state index contributed by atoms with van der Waals surface area (Å²) in [6.07, 6.45) is 1.95. The van der Waals surface area contributed by atoms with Crippen LogP contribution in [-0.2, 0) is 9.53 Å². The second kappa shape index (κ2) is 9.23. The molecule has 1 aromatic rings. The van der Waals surface area contributed by atoms with Gasteiger partial charge >= 0.3 is 0 Å². The summed E-state index contributed by atoms with van der Waals surface area (Å²) in [7, 11) is 2.12. The van der Waals surface area contributed by atoms with Crippen molar-refractivity contribution in [3.05, 3.63) is 34.9 Å². The zero-order chi connectivity index (χ0) is 16.7. The number of hydrogen-bond donors (Lipinski definition) is 2. The van der Waals surface area contributed by atoms with Gasteiger partial charge in [-0.25, -0.2) is 0 Å². The third-order valence-corrected chi connectivity index (χ3v) is 4.43. The number of benzene rings is 1. The summed E-state index contributed by atoms with van der Waals surface area (Å²) in [6.45, 7) is 3.25. The molecule has 1 fully saturated rings. The predicted octanol–water partition coefficient (Wildman–Crippen LogP) is 1.99. The summed E-state index contributed by atoms with van der Waals surface area (Å²) in [5.41, 5.74) is 0.425. The minimum Gasteiger partial charge on any atom is -0.378 e. The lowest BCUT2D eigenvalue weighted by molar-refractivity contribution is -0.129. The molecule has 0 bridgehead atoms. The van der Waals surface area contributed by atoms with Crippen LogP contribution in [0.15, 0.2) is 24.3 Å². The van der Waals surface area contributed by atoms with Crippen LogP contribution in [0.1, 0.15) is 30.9 Å². The third-order valence-electron chi connectivity index (χ3n) is 4.09. The molecular formula is C17H25ClN2O3. The van der Waals surface area contributed by atoms with Crippen molar-refractivity contribution in [2.45, 2.75) is 31.5 Å². The van der Waals surface area contributed by atoms with Crippen molar-refractivity contribution in [3.8, 4) is 0 Å². The second-order valence-corrected chi connectivity index (χ2v) is 6.35. The average Bonchev–Trinajstić information content (AvgIpc) is 2.56. The molecule has 1 aromatic carbocycles. The lowest BCUT2D eigenvalue weighted by Gasteiger charge is -2.28. The Bertz CT molecular complexity index is 504. The summed E-state index contributed by atoms with van der Waals surface area (Å²) in [5, 5.41) is 13.1. The highest BCUT2D eigenvalue weighted by atomic mass is 35.5. The molecule has 0 spiro atoms. The van der Waals surface area contributed by atoms with Crippen LogP contribution < -0.4 is 5.32 Å². The van der Waals surface area contributed by atoms with E-state index in [4.69, 9.17) is 16.3 Å². The van der Waals surface area contributed by atoms with Gasteiger partial charge in [-0.15, -0.1) is 0 Å². The number of carbonyl (C=O) groups is 1. The maximum absolute atomic E-state index is 11.9. The molecule has 6 heteroatoms. The van der Waals surface area contributed by atoms with Gasteiger partial charge in [0.2, 0.25) is 0 Å². The van der Waals surface area contributed by atoms with Crippen molar-refractivity contribution >= 4 is 17.5 Å². The molecule has 0 radical (unpaired) electrons. The molecule has 0 saturated carbocycles. The van der Waals surface area contributed by atoms with Crippen molar-refractivity contribution in [3.63, 3.8) is 0 Å². The average molecular weight is 341 g/mol. The smallest absolute Gasteiger partial charge is 0.253 e. The number of likely N-dealkylation sites (tertiary alicyclic amines) is 1. The van der Waals surface area contributed by atoms with E-state index < -0.39 is 12.0 Å². The minimum absolute atomic E-state index is 0.329. The summed E-state index contributed by atoms with van der Waals surface area (Å²) in [4.78, 5) is 14.2. The van der Waals surface area contributed by atoms with Gasteiger partial charge in [-0.1, -0.05) is 29.8 Å².